The van der Waals surface area contributed by atoms with Gasteiger partial charge < -0.3 is 15.4 Å². The van der Waals surface area contributed by atoms with E-state index < -0.39 is 0 Å². The average molecular weight is 328 g/mol. The molecule has 23 heavy (non-hydrogen) atoms. The molecule has 2 N–H and O–H groups in total. The second-order valence-corrected chi connectivity index (χ2v) is 6.36. The van der Waals surface area contributed by atoms with Gasteiger partial charge >= 0.3 is 0 Å². The molecule has 0 radical (unpaired) electrons. The molecule has 0 unspecified atom stereocenters. The molecule has 0 spiro atoms. The third kappa shape index (κ3) is 5.57. The fourth-order valence-corrected chi connectivity index (χ4v) is 2.73. The fourth-order valence-electron chi connectivity index (χ4n) is 2.41. The van der Waals surface area contributed by atoms with Crippen molar-refractivity contribution in [3.8, 4) is 5.75 Å². The van der Waals surface area contributed by atoms with Crippen molar-refractivity contribution in [3.63, 3.8) is 0 Å². The van der Waals surface area contributed by atoms with Crippen LogP contribution in [0.25, 0.3) is 0 Å². The van der Waals surface area contributed by atoms with Crippen molar-refractivity contribution in [2.45, 2.75) is 33.7 Å². The number of aryl methyl sites for hydroxylation is 3. The van der Waals surface area contributed by atoms with Gasteiger partial charge in [-0.1, -0.05) is 24.3 Å². The molecule has 2 rings (SSSR count). The van der Waals surface area contributed by atoms with Crippen molar-refractivity contribution in [2.75, 3.05) is 11.9 Å². The molecule has 0 saturated carbocycles. The highest BCUT2D eigenvalue weighted by atomic mass is 32.1. The molecule has 0 amide bonds. The monoisotopic (exact) mass is 328 g/mol. The first-order valence-corrected chi connectivity index (χ1v) is 8.19. The second-order valence-electron chi connectivity index (χ2n) is 5.95. The Morgan fingerprint density at radius 2 is 1.74 bits per heavy atom. The third-order valence-electron chi connectivity index (χ3n) is 3.44. The van der Waals surface area contributed by atoms with E-state index in [2.05, 4.69) is 42.7 Å². The highest BCUT2D eigenvalue weighted by molar-refractivity contribution is 7.80. The number of nitrogens with one attached hydrogen (secondary N) is 2. The average Bonchev–Trinajstić information content (AvgIpc) is 2.45. The van der Waals surface area contributed by atoms with Crippen molar-refractivity contribution in [3.05, 3.63) is 59.2 Å². The van der Waals surface area contributed by atoms with Gasteiger partial charge in [0, 0.05) is 5.69 Å². The summed E-state index contributed by atoms with van der Waals surface area (Å²) in [5.41, 5.74) is 4.57. The lowest BCUT2D eigenvalue weighted by Crippen LogP contribution is -2.39. The summed E-state index contributed by atoms with van der Waals surface area (Å²) in [6.07, 6.45) is 0. The summed E-state index contributed by atoms with van der Waals surface area (Å²) in [6.45, 7) is 8.80. The van der Waals surface area contributed by atoms with Gasteiger partial charge in [0.25, 0.3) is 0 Å². The molecule has 0 bridgehead atoms. The van der Waals surface area contributed by atoms with Crippen LogP contribution in [-0.4, -0.2) is 17.8 Å². The Bertz CT molecular complexity index is 665. The zero-order valence-corrected chi connectivity index (χ0v) is 15.0. The topological polar surface area (TPSA) is 33.3 Å². The quantitative estimate of drug-likeness (QED) is 0.799. The molecule has 0 aliphatic carbocycles. The maximum absolute atomic E-state index is 5.84. The van der Waals surface area contributed by atoms with Gasteiger partial charge in [0.15, 0.2) is 5.11 Å². The van der Waals surface area contributed by atoms with E-state index in [1.807, 2.05) is 38.1 Å². The lowest BCUT2D eigenvalue weighted by molar-refractivity contribution is 0.285. The number of benzene rings is 2. The van der Waals surface area contributed by atoms with E-state index in [1.54, 1.807) is 0 Å². The van der Waals surface area contributed by atoms with Gasteiger partial charge in [-0.3, -0.25) is 0 Å². The van der Waals surface area contributed by atoms with E-state index in [-0.39, 0.29) is 6.04 Å². The minimum atomic E-state index is 0.112. The predicted octanol–water partition coefficient (Wildman–Crippen LogP) is 4.37. The van der Waals surface area contributed by atoms with Crippen LogP contribution in [0, 0.1) is 20.8 Å². The molecule has 0 heterocycles. The Kier molecular flexibility index (Phi) is 5.99. The molecule has 122 valence electrons. The maximum atomic E-state index is 5.84. The van der Waals surface area contributed by atoms with Crippen LogP contribution in [0.15, 0.2) is 42.5 Å². The van der Waals surface area contributed by atoms with E-state index in [4.69, 9.17) is 17.0 Å². The van der Waals surface area contributed by atoms with E-state index >= 15 is 0 Å². The lowest BCUT2D eigenvalue weighted by atomic mass is 10.1. The van der Waals surface area contributed by atoms with Crippen LogP contribution < -0.4 is 15.4 Å². The lowest BCUT2D eigenvalue weighted by Gasteiger charge is -2.18. The largest absolute Gasteiger partial charge is 0.491 e. The first kappa shape index (κ1) is 17.3. The maximum Gasteiger partial charge on any atom is 0.171 e. The van der Waals surface area contributed by atoms with Gasteiger partial charge in [-0.05, 0) is 74.8 Å². The van der Waals surface area contributed by atoms with Gasteiger partial charge in [-0.15, -0.1) is 0 Å². The van der Waals surface area contributed by atoms with Gasteiger partial charge in [0.2, 0.25) is 0 Å². The Morgan fingerprint density at radius 3 is 2.39 bits per heavy atom. The van der Waals surface area contributed by atoms with Crippen LogP contribution in [0.3, 0.4) is 0 Å². The summed E-state index contributed by atoms with van der Waals surface area (Å²) < 4.78 is 5.84. The molecule has 4 heteroatoms. The van der Waals surface area contributed by atoms with E-state index in [0.29, 0.717) is 11.7 Å². The number of ether oxygens (including phenoxy) is 1. The molecule has 1 atom stereocenters. The van der Waals surface area contributed by atoms with Crippen molar-refractivity contribution in [1.82, 2.24) is 5.32 Å². The number of thiocarbonyl (C=S) groups is 1. The summed E-state index contributed by atoms with van der Waals surface area (Å²) >= 11 is 5.38. The minimum Gasteiger partial charge on any atom is -0.491 e. The molecular formula is C19H24N2OS. The van der Waals surface area contributed by atoms with E-state index in [1.165, 1.54) is 11.1 Å². The van der Waals surface area contributed by atoms with Gasteiger partial charge in [0.05, 0.1) is 6.04 Å². The number of hydrogen-bond acceptors (Lipinski definition) is 2. The van der Waals surface area contributed by atoms with Crippen molar-refractivity contribution in [1.29, 1.82) is 0 Å². The van der Waals surface area contributed by atoms with Gasteiger partial charge in [0.1, 0.15) is 12.4 Å². The number of rotatable bonds is 5. The molecule has 0 aliphatic rings. The SMILES string of the molecule is Cc1cc(C)cc(NC(=S)N[C@H](C)COc2ccccc2C)c1. The van der Waals surface area contributed by atoms with E-state index in [0.717, 1.165) is 17.0 Å². The van der Waals surface area contributed by atoms with Crippen LogP contribution in [0.4, 0.5) is 5.69 Å². The van der Waals surface area contributed by atoms with Crippen LogP contribution in [0.2, 0.25) is 0 Å². The Hall–Kier alpha value is -2.07. The van der Waals surface area contributed by atoms with Gasteiger partial charge in [-0.2, -0.15) is 0 Å². The molecule has 2 aromatic carbocycles. The minimum absolute atomic E-state index is 0.112. The zero-order valence-electron chi connectivity index (χ0n) is 14.1. The van der Waals surface area contributed by atoms with Crippen LogP contribution >= 0.6 is 12.2 Å². The molecule has 0 aliphatic heterocycles. The van der Waals surface area contributed by atoms with Crippen LogP contribution in [-0.2, 0) is 0 Å². The van der Waals surface area contributed by atoms with Gasteiger partial charge in [-0.25, -0.2) is 0 Å². The predicted molar refractivity (Wildman–Crippen MR) is 101 cm³/mol. The molecule has 2 aromatic rings. The first-order chi connectivity index (χ1) is 10.9. The second kappa shape index (κ2) is 7.97. The van der Waals surface area contributed by atoms with Crippen molar-refractivity contribution >= 4 is 23.0 Å². The first-order valence-electron chi connectivity index (χ1n) is 7.78. The Balaban J connectivity index is 1.84. The molecule has 0 aromatic heterocycles. The smallest absolute Gasteiger partial charge is 0.171 e. The summed E-state index contributed by atoms with van der Waals surface area (Å²) in [7, 11) is 0. The Morgan fingerprint density at radius 1 is 1.09 bits per heavy atom. The van der Waals surface area contributed by atoms with E-state index in [9.17, 15) is 0 Å². The van der Waals surface area contributed by atoms with Crippen LogP contribution in [0.5, 0.6) is 5.75 Å². The molecular weight excluding hydrogens is 304 g/mol. The highest BCUT2D eigenvalue weighted by Crippen LogP contribution is 2.16. The number of para-hydroxylation sites is 1. The molecule has 3 nitrogen and oxygen atoms in total. The summed E-state index contributed by atoms with van der Waals surface area (Å²) in [4.78, 5) is 0. The Labute approximate surface area is 144 Å². The normalized spacial score (nSPS) is 11.7. The fraction of sp³-hybridized carbons (Fsp3) is 0.316. The number of hydrogen-bond donors (Lipinski definition) is 2. The molecule has 0 fully saturated rings. The summed E-state index contributed by atoms with van der Waals surface area (Å²) in [5.74, 6) is 0.911. The number of anilines is 1. The van der Waals surface area contributed by atoms with Crippen molar-refractivity contribution < 1.29 is 4.74 Å². The highest BCUT2D eigenvalue weighted by Gasteiger charge is 2.07. The summed E-state index contributed by atoms with van der Waals surface area (Å²) in [5, 5.41) is 7.09. The third-order valence-corrected chi connectivity index (χ3v) is 3.66. The summed E-state index contributed by atoms with van der Waals surface area (Å²) in [6, 6.07) is 14.4. The van der Waals surface area contributed by atoms with Crippen molar-refractivity contribution in [2.24, 2.45) is 0 Å². The molecule has 0 saturated heterocycles. The van der Waals surface area contributed by atoms with Crippen LogP contribution in [0.1, 0.15) is 23.6 Å². The zero-order chi connectivity index (χ0) is 16.8. The standard InChI is InChI=1S/C19H24N2OS/c1-13-9-14(2)11-17(10-13)21-19(23)20-16(4)12-22-18-8-6-5-7-15(18)3/h5-11,16H,12H2,1-4H3,(H2,20,21,23)/t16-/m1/s1.